The molecule has 0 bridgehead atoms. The summed E-state index contributed by atoms with van der Waals surface area (Å²) in [7, 11) is 1.65. The number of hydrogen-bond donors (Lipinski definition) is 2. The molecule has 6 heteroatoms. The van der Waals surface area contributed by atoms with Gasteiger partial charge >= 0.3 is 0 Å². The monoisotopic (exact) mass is 360 g/mol. The second kappa shape index (κ2) is 10.9. The van der Waals surface area contributed by atoms with E-state index in [9.17, 15) is 4.79 Å². The molecule has 4 nitrogen and oxygen atoms in total. The molecule has 1 aliphatic rings. The molecule has 1 aromatic carbocycles. The molecule has 0 saturated carbocycles. The van der Waals surface area contributed by atoms with Crippen molar-refractivity contribution in [2.75, 3.05) is 26.7 Å². The van der Waals surface area contributed by atoms with Gasteiger partial charge in [0.1, 0.15) is 0 Å². The third-order valence-electron chi connectivity index (χ3n) is 4.23. The third kappa shape index (κ3) is 7.08. The lowest BCUT2D eigenvalue weighted by atomic mass is 9.93. The van der Waals surface area contributed by atoms with Gasteiger partial charge in [0, 0.05) is 25.1 Å². The summed E-state index contributed by atoms with van der Waals surface area (Å²) in [5, 5.41) is 6.99. The van der Waals surface area contributed by atoms with Crippen LogP contribution in [-0.4, -0.2) is 32.7 Å². The number of ether oxygens (including phenoxy) is 1. The number of amides is 1. The highest BCUT2D eigenvalue weighted by molar-refractivity contribution is 6.30. The first-order valence-corrected chi connectivity index (χ1v) is 8.32. The fourth-order valence-electron chi connectivity index (χ4n) is 2.84. The van der Waals surface area contributed by atoms with Crippen LogP contribution in [0, 0.1) is 5.92 Å². The van der Waals surface area contributed by atoms with Gasteiger partial charge < -0.3 is 15.4 Å². The zero-order valence-corrected chi connectivity index (χ0v) is 15.1. The highest BCUT2D eigenvalue weighted by atomic mass is 35.5. The van der Waals surface area contributed by atoms with Crippen molar-refractivity contribution >= 4 is 29.9 Å². The highest BCUT2D eigenvalue weighted by Gasteiger charge is 2.16. The molecule has 1 aliphatic heterocycles. The van der Waals surface area contributed by atoms with Gasteiger partial charge in [-0.3, -0.25) is 4.79 Å². The van der Waals surface area contributed by atoms with Gasteiger partial charge in [-0.25, -0.2) is 0 Å². The summed E-state index contributed by atoms with van der Waals surface area (Å²) < 4.78 is 5.45. The molecule has 1 unspecified atom stereocenters. The van der Waals surface area contributed by atoms with E-state index in [2.05, 4.69) is 10.6 Å². The normalized spacial score (nSPS) is 16.4. The molecule has 2 N–H and O–H groups in total. The average molecular weight is 361 g/mol. The standard InChI is InChI=1S/C17H25ClN2O2.ClH/c1-22-16(14-3-2-4-15(18)11-14)12-20-17(21)6-5-13-7-9-19-10-8-13;/h2-4,11,13,16,19H,5-10,12H2,1H3,(H,20,21);1H. The van der Waals surface area contributed by atoms with Gasteiger partial charge in [0.25, 0.3) is 0 Å². The van der Waals surface area contributed by atoms with Crippen molar-refractivity contribution in [2.45, 2.75) is 31.8 Å². The van der Waals surface area contributed by atoms with E-state index in [0.29, 0.717) is 23.9 Å². The average Bonchev–Trinajstić information content (AvgIpc) is 2.54. The first-order valence-electron chi connectivity index (χ1n) is 7.94. The van der Waals surface area contributed by atoms with Crippen molar-refractivity contribution < 1.29 is 9.53 Å². The minimum Gasteiger partial charge on any atom is -0.375 e. The van der Waals surface area contributed by atoms with Gasteiger partial charge in [-0.15, -0.1) is 12.4 Å². The lowest BCUT2D eigenvalue weighted by molar-refractivity contribution is -0.122. The van der Waals surface area contributed by atoms with Crippen LogP contribution in [0.5, 0.6) is 0 Å². The molecule has 0 spiro atoms. The summed E-state index contributed by atoms with van der Waals surface area (Å²) in [4.78, 5) is 12.0. The number of carbonyl (C=O) groups excluding carboxylic acids is 1. The van der Waals surface area contributed by atoms with E-state index >= 15 is 0 Å². The minimum atomic E-state index is -0.165. The van der Waals surface area contributed by atoms with Crippen molar-refractivity contribution in [2.24, 2.45) is 5.92 Å². The highest BCUT2D eigenvalue weighted by Crippen LogP contribution is 2.20. The van der Waals surface area contributed by atoms with Crippen LogP contribution in [0.2, 0.25) is 5.02 Å². The molecular formula is C17H26Cl2N2O2. The Morgan fingerprint density at radius 1 is 1.43 bits per heavy atom. The van der Waals surface area contributed by atoms with E-state index in [1.807, 2.05) is 24.3 Å². The molecule has 0 aromatic heterocycles. The van der Waals surface area contributed by atoms with Gasteiger partial charge in [-0.1, -0.05) is 23.7 Å². The fraction of sp³-hybridized carbons (Fsp3) is 0.588. The summed E-state index contributed by atoms with van der Waals surface area (Å²) in [6, 6.07) is 7.55. The Bertz CT molecular complexity index is 479. The Morgan fingerprint density at radius 2 is 2.17 bits per heavy atom. The Hall–Kier alpha value is -0.810. The number of piperidine rings is 1. The van der Waals surface area contributed by atoms with Gasteiger partial charge in [-0.05, 0) is 56.0 Å². The fourth-order valence-corrected chi connectivity index (χ4v) is 3.04. The maximum atomic E-state index is 12.0. The Morgan fingerprint density at radius 3 is 2.83 bits per heavy atom. The summed E-state index contributed by atoms with van der Waals surface area (Å²) in [6.45, 7) is 2.63. The largest absolute Gasteiger partial charge is 0.375 e. The van der Waals surface area contributed by atoms with Crippen LogP contribution in [-0.2, 0) is 9.53 Å². The summed E-state index contributed by atoms with van der Waals surface area (Å²) in [6.07, 6.45) is 3.76. The minimum absolute atomic E-state index is 0. The summed E-state index contributed by atoms with van der Waals surface area (Å²) >= 11 is 6.00. The second-order valence-corrected chi connectivity index (χ2v) is 6.25. The predicted molar refractivity (Wildman–Crippen MR) is 96.3 cm³/mol. The molecule has 1 fully saturated rings. The van der Waals surface area contributed by atoms with E-state index in [0.717, 1.165) is 25.1 Å². The van der Waals surface area contributed by atoms with Crippen molar-refractivity contribution in [3.63, 3.8) is 0 Å². The lowest BCUT2D eigenvalue weighted by Gasteiger charge is -2.22. The van der Waals surface area contributed by atoms with Crippen molar-refractivity contribution in [3.8, 4) is 0 Å². The van der Waals surface area contributed by atoms with Crippen LogP contribution in [0.3, 0.4) is 0 Å². The molecule has 130 valence electrons. The number of benzene rings is 1. The molecule has 1 saturated heterocycles. The van der Waals surface area contributed by atoms with Crippen molar-refractivity contribution in [3.05, 3.63) is 34.9 Å². The molecule has 1 atom stereocenters. The van der Waals surface area contributed by atoms with Gasteiger partial charge in [0.15, 0.2) is 0 Å². The molecule has 0 radical (unpaired) electrons. The predicted octanol–water partition coefficient (Wildman–Crippen LogP) is 3.35. The molecule has 0 aliphatic carbocycles. The first kappa shape index (κ1) is 20.2. The SMILES string of the molecule is COC(CNC(=O)CCC1CCNCC1)c1cccc(Cl)c1.Cl. The summed E-state index contributed by atoms with van der Waals surface area (Å²) in [5.41, 5.74) is 0.980. The summed E-state index contributed by atoms with van der Waals surface area (Å²) in [5.74, 6) is 0.778. The molecule has 1 aromatic rings. The lowest BCUT2D eigenvalue weighted by Crippen LogP contribution is -2.31. The van der Waals surface area contributed by atoms with Crippen molar-refractivity contribution in [1.29, 1.82) is 0 Å². The van der Waals surface area contributed by atoms with E-state index < -0.39 is 0 Å². The molecule has 2 rings (SSSR count). The molecule has 23 heavy (non-hydrogen) atoms. The van der Waals surface area contributed by atoms with E-state index in [1.54, 1.807) is 7.11 Å². The number of nitrogens with one attached hydrogen (secondary N) is 2. The van der Waals surface area contributed by atoms with Crippen LogP contribution in [0.25, 0.3) is 0 Å². The van der Waals surface area contributed by atoms with E-state index in [-0.39, 0.29) is 24.4 Å². The Labute approximate surface area is 149 Å². The van der Waals surface area contributed by atoms with Crippen molar-refractivity contribution in [1.82, 2.24) is 10.6 Å². The Balaban J connectivity index is 0.00000264. The quantitative estimate of drug-likeness (QED) is 0.783. The van der Waals surface area contributed by atoms with Crippen LogP contribution in [0.1, 0.15) is 37.4 Å². The molecular weight excluding hydrogens is 335 g/mol. The zero-order valence-electron chi connectivity index (χ0n) is 13.5. The topological polar surface area (TPSA) is 50.4 Å². The second-order valence-electron chi connectivity index (χ2n) is 5.82. The zero-order chi connectivity index (χ0) is 15.8. The molecule has 1 heterocycles. The smallest absolute Gasteiger partial charge is 0.220 e. The number of carbonyl (C=O) groups is 1. The van der Waals surface area contributed by atoms with Crippen LogP contribution in [0.4, 0.5) is 0 Å². The first-order chi connectivity index (χ1) is 10.7. The van der Waals surface area contributed by atoms with E-state index in [4.69, 9.17) is 16.3 Å². The van der Waals surface area contributed by atoms with Gasteiger partial charge in [-0.2, -0.15) is 0 Å². The van der Waals surface area contributed by atoms with Crippen LogP contribution < -0.4 is 10.6 Å². The number of methoxy groups -OCH3 is 1. The van der Waals surface area contributed by atoms with Gasteiger partial charge in [0.2, 0.25) is 5.91 Å². The number of hydrogen-bond acceptors (Lipinski definition) is 3. The molecule has 1 amide bonds. The third-order valence-corrected chi connectivity index (χ3v) is 4.46. The maximum Gasteiger partial charge on any atom is 0.220 e. The van der Waals surface area contributed by atoms with Crippen LogP contribution >= 0.6 is 24.0 Å². The number of halogens is 2. The van der Waals surface area contributed by atoms with Crippen LogP contribution in [0.15, 0.2) is 24.3 Å². The van der Waals surface area contributed by atoms with E-state index in [1.165, 1.54) is 12.8 Å². The Kier molecular flexibility index (Phi) is 9.56. The number of rotatable bonds is 7. The maximum absolute atomic E-state index is 12.0. The van der Waals surface area contributed by atoms with Gasteiger partial charge in [0.05, 0.1) is 6.10 Å².